The Morgan fingerprint density at radius 1 is 1.15 bits per heavy atom. The molecule has 2 heterocycles. The minimum Gasteiger partial charge on any atom is -0.491 e. The lowest BCUT2D eigenvalue weighted by Crippen LogP contribution is -2.46. The summed E-state index contributed by atoms with van der Waals surface area (Å²) >= 11 is 5.87. The molecule has 8 nitrogen and oxygen atoms in total. The Balaban J connectivity index is 1.46. The third kappa shape index (κ3) is 7.99. The minimum atomic E-state index is -4.57. The van der Waals surface area contributed by atoms with E-state index in [0.717, 1.165) is 26.0 Å². The molecule has 2 aromatic carbocycles. The number of hydrogen-bond acceptors (Lipinski definition) is 5. The number of nitrogens with zero attached hydrogens (tertiary/aromatic N) is 3. The van der Waals surface area contributed by atoms with E-state index in [4.69, 9.17) is 16.3 Å². The molecular weight excluding hydrogens is 535 g/mol. The first kappa shape index (κ1) is 28.0. The molecule has 0 atom stereocenters. The molecule has 39 heavy (non-hydrogen) atoms. The highest BCUT2D eigenvalue weighted by molar-refractivity contribution is 6.30. The topological polar surface area (TPSA) is 90.6 Å². The number of imidazole rings is 1. The van der Waals surface area contributed by atoms with Gasteiger partial charge in [0.15, 0.2) is 0 Å². The van der Waals surface area contributed by atoms with Crippen molar-refractivity contribution in [1.29, 1.82) is 0 Å². The van der Waals surface area contributed by atoms with Crippen molar-refractivity contribution >= 4 is 29.6 Å². The largest absolute Gasteiger partial charge is 0.491 e. The summed E-state index contributed by atoms with van der Waals surface area (Å²) in [5, 5.41) is 3.20. The van der Waals surface area contributed by atoms with Crippen LogP contribution in [-0.4, -0.2) is 71.4 Å². The predicted molar refractivity (Wildman–Crippen MR) is 140 cm³/mol. The lowest BCUT2D eigenvalue weighted by molar-refractivity contribution is -0.140. The second-order valence-corrected chi connectivity index (χ2v) is 9.19. The van der Waals surface area contributed by atoms with Crippen LogP contribution in [0.25, 0.3) is 11.4 Å². The lowest BCUT2D eigenvalue weighted by atomic mass is 10.1. The molecule has 2 N–H and O–H groups in total. The maximum Gasteiger partial charge on any atom is 0.432 e. The summed E-state index contributed by atoms with van der Waals surface area (Å²) in [6.07, 6.45) is -2.31. The number of amides is 2. The molecule has 204 valence electrons. The summed E-state index contributed by atoms with van der Waals surface area (Å²) in [4.78, 5) is 33.5. The van der Waals surface area contributed by atoms with E-state index < -0.39 is 17.8 Å². The fraction of sp³-hybridized carbons (Fsp3) is 0.296. The number of rotatable bonds is 8. The van der Waals surface area contributed by atoms with Gasteiger partial charge in [-0.3, -0.25) is 14.5 Å². The van der Waals surface area contributed by atoms with Gasteiger partial charge in [-0.05, 0) is 48.9 Å². The Bertz CT molecular complexity index is 1360. The van der Waals surface area contributed by atoms with Crippen molar-refractivity contribution in [3.8, 4) is 29.0 Å². The smallest absolute Gasteiger partial charge is 0.432 e. The number of piperazine rings is 1. The summed E-state index contributed by atoms with van der Waals surface area (Å²) in [5.41, 5.74) is 0.176. The Labute approximate surface area is 228 Å². The number of hydrogen-bond donors (Lipinski definition) is 2. The fourth-order valence-corrected chi connectivity index (χ4v) is 4.02. The molecule has 0 aliphatic carbocycles. The Morgan fingerprint density at radius 3 is 2.56 bits per heavy atom. The number of nitrogens with one attached hydrogen (secondary N) is 2. The van der Waals surface area contributed by atoms with Crippen LogP contribution in [0.5, 0.6) is 5.75 Å². The molecule has 0 bridgehead atoms. The number of ether oxygens (including phenoxy) is 1. The van der Waals surface area contributed by atoms with Crippen LogP contribution in [0, 0.1) is 11.8 Å². The third-order valence-electron chi connectivity index (χ3n) is 5.98. The van der Waals surface area contributed by atoms with Gasteiger partial charge in [0, 0.05) is 54.8 Å². The average Bonchev–Trinajstić information content (AvgIpc) is 3.43. The SMILES string of the molecule is O=CN1CCN(CCCOc2ccc(-c3ncc(C(F)(F)F)[nH]3)cc2NC(=O)C#Cc2ccc(Cl)cc2)CC1. The van der Waals surface area contributed by atoms with Crippen molar-refractivity contribution < 1.29 is 27.5 Å². The first-order valence-electron chi connectivity index (χ1n) is 12.1. The van der Waals surface area contributed by atoms with E-state index in [0.29, 0.717) is 54.2 Å². The van der Waals surface area contributed by atoms with E-state index in [1.54, 1.807) is 41.3 Å². The number of carbonyl (C=O) groups is 2. The molecule has 1 aromatic heterocycles. The minimum absolute atomic E-state index is 0.00825. The Kier molecular flexibility index (Phi) is 9.11. The molecule has 0 unspecified atom stereocenters. The number of carbonyl (C=O) groups excluding carboxylic acids is 2. The van der Waals surface area contributed by atoms with Gasteiger partial charge in [-0.1, -0.05) is 17.5 Å². The molecule has 4 rings (SSSR count). The number of aromatic nitrogens is 2. The van der Waals surface area contributed by atoms with Gasteiger partial charge in [-0.15, -0.1) is 0 Å². The van der Waals surface area contributed by atoms with Crippen molar-refractivity contribution in [2.75, 3.05) is 44.6 Å². The van der Waals surface area contributed by atoms with Crippen LogP contribution < -0.4 is 10.1 Å². The van der Waals surface area contributed by atoms with Gasteiger partial charge in [-0.25, -0.2) is 4.98 Å². The monoisotopic (exact) mass is 559 g/mol. The highest BCUT2D eigenvalue weighted by atomic mass is 35.5. The summed E-state index contributed by atoms with van der Waals surface area (Å²) in [6.45, 7) is 4.04. The summed E-state index contributed by atoms with van der Waals surface area (Å²) < 4.78 is 45.0. The van der Waals surface area contributed by atoms with Crippen molar-refractivity contribution in [2.45, 2.75) is 12.6 Å². The number of aromatic amines is 1. The zero-order chi connectivity index (χ0) is 27.8. The van der Waals surface area contributed by atoms with Crippen molar-refractivity contribution in [3.63, 3.8) is 0 Å². The normalized spacial score (nSPS) is 13.9. The summed E-state index contributed by atoms with van der Waals surface area (Å²) in [5.74, 6) is 4.93. The molecule has 1 saturated heterocycles. The fourth-order valence-electron chi connectivity index (χ4n) is 3.89. The molecule has 0 spiro atoms. The standard InChI is InChI=1S/C27H25ClF3N5O3/c28-21-6-2-19(3-7-21)4-9-25(38)33-22-16-20(26-32-17-24(34-26)27(29,30)31)5-8-23(22)39-15-1-10-35-11-13-36(18-37)14-12-35/h2-3,5-8,16-18H,1,10-15H2,(H,32,34)(H,33,38). The zero-order valence-corrected chi connectivity index (χ0v) is 21.5. The van der Waals surface area contributed by atoms with Gasteiger partial charge in [-0.2, -0.15) is 13.2 Å². The Morgan fingerprint density at radius 2 is 1.90 bits per heavy atom. The molecule has 12 heteroatoms. The van der Waals surface area contributed by atoms with E-state index in [1.807, 2.05) is 0 Å². The number of H-pyrrole nitrogens is 1. The van der Waals surface area contributed by atoms with E-state index in [-0.39, 0.29) is 11.5 Å². The second-order valence-electron chi connectivity index (χ2n) is 8.75. The maximum absolute atomic E-state index is 13.0. The number of alkyl halides is 3. The third-order valence-corrected chi connectivity index (χ3v) is 6.23. The number of anilines is 1. The van der Waals surface area contributed by atoms with E-state index in [9.17, 15) is 22.8 Å². The molecule has 1 aliphatic heterocycles. The van der Waals surface area contributed by atoms with Crippen molar-refractivity contribution in [1.82, 2.24) is 19.8 Å². The number of benzene rings is 2. The van der Waals surface area contributed by atoms with Crippen LogP contribution in [0.1, 0.15) is 17.7 Å². The predicted octanol–water partition coefficient (Wildman–Crippen LogP) is 4.28. The van der Waals surface area contributed by atoms with Crippen LogP contribution in [0.3, 0.4) is 0 Å². The average molecular weight is 560 g/mol. The van der Waals surface area contributed by atoms with E-state index in [1.165, 1.54) is 6.07 Å². The van der Waals surface area contributed by atoms with Gasteiger partial charge in [0.05, 0.1) is 18.5 Å². The van der Waals surface area contributed by atoms with Crippen molar-refractivity contribution in [3.05, 3.63) is 64.9 Å². The Hall–Kier alpha value is -4.01. The lowest BCUT2D eigenvalue weighted by Gasteiger charge is -2.32. The van der Waals surface area contributed by atoms with Crippen LogP contribution in [0.2, 0.25) is 5.02 Å². The molecule has 1 aliphatic rings. The van der Waals surface area contributed by atoms with Gasteiger partial charge < -0.3 is 19.9 Å². The maximum atomic E-state index is 13.0. The molecule has 3 aromatic rings. The molecule has 0 radical (unpaired) electrons. The quantitative estimate of drug-likeness (QED) is 0.244. The second kappa shape index (κ2) is 12.7. The van der Waals surface area contributed by atoms with E-state index >= 15 is 0 Å². The van der Waals surface area contributed by atoms with Crippen LogP contribution >= 0.6 is 11.6 Å². The zero-order valence-electron chi connectivity index (χ0n) is 20.7. The molecule has 2 amide bonds. The first-order chi connectivity index (χ1) is 18.7. The van der Waals surface area contributed by atoms with Crippen LogP contribution in [0.4, 0.5) is 18.9 Å². The van der Waals surface area contributed by atoms with Gasteiger partial charge in [0.2, 0.25) is 6.41 Å². The van der Waals surface area contributed by atoms with Crippen LogP contribution in [0.15, 0.2) is 48.7 Å². The molecular formula is C27H25ClF3N5O3. The summed E-state index contributed by atoms with van der Waals surface area (Å²) in [6, 6.07) is 11.3. The number of halogens is 4. The molecule has 0 saturated carbocycles. The van der Waals surface area contributed by atoms with Crippen molar-refractivity contribution in [2.24, 2.45) is 0 Å². The summed E-state index contributed by atoms with van der Waals surface area (Å²) in [7, 11) is 0. The highest BCUT2D eigenvalue weighted by Gasteiger charge is 2.33. The highest BCUT2D eigenvalue weighted by Crippen LogP contribution is 2.33. The van der Waals surface area contributed by atoms with Gasteiger partial charge in [0.1, 0.15) is 17.3 Å². The van der Waals surface area contributed by atoms with Gasteiger partial charge >= 0.3 is 12.1 Å². The first-order valence-corrected chi connectivity index (χ1v) is 12.5. The van der Waals surface area contributed by atoms with E-state index in [2.05, 4.69) is 32.0 Å². The molecule has 1 fully saturated rings. The van der Waals surface area contributed by atoms with Gasteiger partial charge in [0.25, 0.3) is 0 Å². The van der Waals surface area contributed by atoms with Crippen LogP contribution in [-0.2, 0) is 15.8 Å².